The van der Waals surface area contributed by atoms with Crippen LogP contribution in [-0.4, -0.2) is 60.2 Å². The first-order valence-corrected chi connectivity index (χ1v) is 10.2. The smallest absolute Gasteiger partial charge is 0.408 e. The second-order valence-corrected chi connectivity index (χ2v) is 9.53. The molecule has 8 heteroatoms. The molecule has 0 radical (unpaired) electrons. The van der Waals surface area contributed by atoms with Gasteiger partial charge in [-0.25, -0.2) is 9.59 Å². The Morgan fingerprint density at radius 2 is 1.18 bits per heavy atom. The van der Waals surface area contributed by atoms with Gasteiger partial charge in [-0.2, -0.15) is 0 Å². The first-order chi connectivity index (χ1) is 12.7. The standard InChI is InChI=1S/C20H42N4O4/c1-18(2,3)28-17(27)24-20(6,7)11-15-22-13-9-8-12-21-14-10-19(4,5)23-16(25)26/h21-23H,8-15H2,1-7H3,(H,24,27)(H,25,26). The van der Waals surface area contributed by atoms with Gasteiger partial charge in [-0.1, -0.05) is 0 Å². The number of rotatable bonds is 13. The summed E-state index contributed by atoms with van der Waals surface area (Å²) in [5.41, 5.74) is -1.23. The highest BCUT2D eigenvalue weighted by molar-refractivity contribution is 5.68. The molecule has 8 nitrogen and oxygen atoms in total. The zero-order chi connectivity index (χ0) is 21.8. The minimum atomic E-state index is -0.986. The Kier molecular flexibility index (Phi) is 11.4. The topological polar surface area (TPSA) is 112 Å². The summed E-state index contributed by atoms with van der Waals surface area (Å²) in [6, 6.07) is 0. The summed E-state index contributed by atoms with van der Waals surface area (Å²) in [5.74, 6) is 0. The maximum Gasteiger partial charge on any atom is 0.408 e. The summed E-state index contributed by atoms with van der Waals surface area (Å²) in [7, 11) is 0. The molecule has 0 fully saturated rings. The molecule has 0 saturated heterocycles. The Labute approximate surface area is 170 Å². The van der Waals surface area contributed by atoms with Gasteiger partial charge in [0.1, 0.15) is 5.60 Å². The van der Waals surface area contributed by atoms with E-state index in [0.29, 0.717) is 0 Å². The summed E-state index contributed by atoms with van der Waals surface area (Å²) in [6.07, 6.45) is 2.31. The van der Waals surface area contributed by atoms with Crippen molar-refractivity contribution in [1.82, 2.24) is 21.3 Å². The van der Waals surface area contributed by atoms with Crippen LogP contribution in [-0.2, 0) is 4.74 Å². The minimum absolute atomic E-state index is 0.326. The number of hydrogen-bond acceptors (Lipinski definition) is 5. The molecule has 0 heterocycles. The van der Waals surface area contributed by atoms with Crippen LogP contribution >= 0.6 is 0 Å². The molecule has 0 unspecified atom stereocenters. The molecule has 2 amide bonds. The normalized spacial score (nSPS) is 12.5. The van der Waals surface area contributed by atoms with Gasteiger partial charge in [-0.15, -0.1) is 0 Å². The molecule has 0 saturated carbocycles. The monoisotopic (exact) mass is 402 g/mol. The van der Waals surface area contributed by atoms with E-state index in [1.165, 1.54) is 0 Å². The van der Waals surface area contributed by atoms with Crippen molar-refractivity contribution in [2.45, 2.75) is 90.8 Å². The molecule has 0 aromatic carbocycles. The average molecular weight is 403 g/mol. The Hall–Kier alpha value is -1.54. The van der Waals surface area contributed by atoms with Gasteiger partial charge in [0.15, 0.2) is 0 Å². The second-order valence-electron chi connectivity index (χ2n) is 9.53. The summed E-state index contributed by atoms with van der Waals surface area (Å²) in [6.45, 7) is 16.7. The van der Waals surface area contributed by atoms with Gasteiger partial charge in [-0.3, -0.25) is 0 Å². The third-order valence-electron chi connectivity index (χ3n) is 4.10. The van der Waals surface area contributed by atoms with Crippen LogP contribution in [0, 0.1) is 0 Å². The SMILES string of the molecule is CC(C)(CCNCCCCNCCC(C)(C)NC(=O)OC(C)(C)C)NC(=O)O. The van der Waals surface area contributed by atoms with E-state index in [1.54, 1.807) is 0 Å². The summed E-state index contributed by atoms with van der Waals surface area (Å²) < 4.78 is 5.29. The number of alkyl carbamates (subject to hydrolysis) is 1. The zero-order valence-electron chi connectivity index (χ0n) is 18.8. The van der Waals surface area contributed by atoms with Crippen LogP contribution in [0.4, 0.5) is 9.59 Å². The molecule has 28 heavy (non-hydrogen) atoms. The Morgan fingerprint density at radius 1 is 0.750 bits per heavy atom. The van der Waals surface area contributed by atoms with Gasteiger partial charge in [0.25, 0.3) is 0 Å². The molecule has 0 atom stereocenters. The fraction of sp³-hybridized carbons (Fsp3) is 0.900. The minimum Gasteiger partial charge on any atom is -0.465 e. The molecule has 0 bridgehead atoms. The number of carbonyl (C=O) groups excluding carboxylic acids is 1. The van der Waals surface area contributed by atoms with E-state index in [9.17, 15) is 9.59 Å². The van der Waals surface area contributed by atoms with Crippen molar-refractivity contribution in [2.75, 3.05) is 26.2 Å². The maximum atomic E-state index is 11.9. The Bertz CT molecular complexity index is 473. The molecule has 0 aromatic rings. The number of ether oxygens (including phenoxy) is 1. The van der Waals surface area contributed by atoms with Crippen molar-refractivity contribution in [3.8, 4) is 0 Å². The maximum absolute atomic E-state index is 11.9. The van der Waals surface area contributed by atoms with E-state index in [0.717, 1.165) is 51.9 Å². The summed E-state index contributed by atoms with van der Waals surface area (Å²) in [4.78, 5) is 22.5. The lowest BCUT2D eigenvalue weighted by molar-refractivity contribution is 0.0468. The molecule has 0 aliphatic rings. The van der Waals surface area contributed by atoms with E-state index >= 15 is 0 Å². The van der Waals surface area contributed by atoms with Crippen molar-refractivity contribution in [3.63, 3.8) is 0 Å². The van der Waals surface area contributed by atoms with Gasteiger partial charge in [0.05, 0.1) is 0 Å². The Balaban J connectivity index is 3.68. The lowest BCUT2D eigenvalue weighted by Crippen LogP contribution is -2.47. The highest BCUT2D eigenvalue weighted by atomic mass is 16.6. The van der Waals surface area contributed by atoms with Crippen LogP contribution in [0.25, 0.3) is 0 Å². The number of nitrogens with one attached hydrogen (secondary N) is 4. The van der Waals surface area contributed by atoms with E-state index in [2.05, 4.69) is 21.3 Å². The largest absolute Gasteiger partial charge is 0.465 e. The molecule has 0 rings (SSSR count). The number of amides is 2. The fourth-order valence-electron chi connectivity index (χ4n) is 2.55. The van der Waals surface area contributed by atoms with Gasteiger partial charge in [0, 0.05) is 11.1 Å². The van der Waals surface area contributed by atoms with Crippen LogP contribution in [0.1, 0.15) is 74.1 Å². The lowest BCUT2D eigenvalue weighted by Gasteiger charge is -2.28. The second kappa shape index (κ2) is 12.1. The molecule has 0 aliphatic carbocycles. The van der Waals surface area contributed by atoms with Crippen molar-refractivity contribution < 1.29 is 19.4 Å². The van der Waals surface area contributed by atoms with Crippen LogP contribution in [0.15, 0.2) is 0 Å². The Morgan fingerprint density at radius 3 is 1.57 bits per heavy atom. The van der Waals surface area contributed by atoms with E-state index in [4.69, 9.17) is 9.84 Å². The zero-order valence-corrected chi connectivity index (χ0v) is 18.8. The van der Waals surface area contributed by atoms with Crippen molar-refractivity contribution in [2.24, 2.45) is 0 Å². The van der Waals surface area contributed by atoms with Crippen LogP contribution in [0.5, 0.6) is 0 Å². The molecule has 5 N–H and O–H groups in total. The van der Waals surface area contributed by atoms with Crippen LogP contribution in [0.2, 0.25) is 0 Å². The molecule has 0 aromatic heterocycles. The van der Waals surface area contributed by atoms with Gasteiger partial charge >= 0.3 is 12.2 Å². The van der Waals surface area contributed by atoms with Gasteiger partial charge in [-0.05, 0) is 100 Å². The third-order valence-corrected chi connectivity index (χ3v) is 4.10. The summed E-state index contributed by atoms with van der Waals surface area (Å²) in [5, 5.41) is 20.9. The number of hydrogen-bond donors (Lipinski definition) is 5. The van der Waals surface area contributed by atoms with E-state index in [-0.39, 0.29) is 11.6 Å². The van der Waals surface area contributed by atoms with Crippen molar-refractivity contribution >= 4 is 12.2 Å². The van der Waals surface area contributed by atoms with Crippen LogP contribution in [0.3, 0.4) is 0 Å². The van der Waals surface area contributed by atoms with Gasteiger partial charge < -0.3 is 31.1 Å². The van der Waals surface area contributed by atoms with E-state index < -0.39 is 17.2 Å². The first-order valence-electron chi connectivity index (χ1n) is 10.2. The number of carbonyl (C=O) groups is 2. The lowest BCUT2D eigenvalue weighted by atomic mass is 10.0. The van der Waals surface area contributed by atoms with Crippen LogP contribution < -0.4 is 21.3 Å². The fourth-order valence-corrected chi connectivity index (χ4v) is 2.55. The molecule has 0 aliphatic heterocycles. The molecule has 166 valence electrons. The predicted octanol–water partition coefficient (Wildman–Crippen LogP) is 3.08. The summed E-state index contributed by atoms with van der Waals surface area (Å²) >= 11 is 0. The van der Waals surface area contributed by atoms with Gasteiger partial charge in [0.2, 0.25) is 0 Å². The average Bonchev–Trinajstić information content (AvgIpc) is 2.44. The van der Waals surface area contributed by atoms with Crippen molar-refractivity contribution in [1.29, 1.82) is 0 Å². The third kappa shape index (κ3) is 16.6. The molecular formula is C20H42N4O4. The number of unbranched alkanes of at least 4 members (excludes halogenated alkanes) is 1. The molecular weight excluding hydrogens is 360 g/mol. The quantitative estimate of drug-likeness (QED) is 0.303. The predicted molar refractivity (Wildman–Crippen MR) is 113 cm³/mol. The van der Waals surface area contributed by atoms with E-state index in [1.807, 2.05) is 48.5 Å². The van der Waals surface area contributed by atoms with Crippen molar-refractivity contribution in [3.05, 3.63) is 0 Å². The highest BCUT2D eigenvalue weighted by Crippen LogP contribution is 2.11. The number of carboxylic acid groups (broad SMARTS) is 1. The molecule has 0 spiro atoms. The highest BCUT2D eigenvalue weighted by Gasteiger charge is 2.24. The first kappa shape index (κ1) is 26.5.